The maximum absolute atomic E-state index is 9.98. The molecule has 0 aromatic carbocycles. The number of nitriles is 1. The second kappa shape index (κ2) is 6.26. The van der Waals surface area contributed by atoms with Crippen LogP contribution in [0.4, 0.5) is 5.82 Å². The summed E-state index contributed by atoms with van der Waals surface area (Å²) in [7, 11) is 0. The molecule has 3 heterocycles. The van der Waals surface area contributed by atoms with Crippen LogP contribution in [0, 0.1) is 17.2 Å². The zero-order chi connectivity index (χ0) is 17.6. The van der Waals surface area contributed by atoms with E-state index in [1.165, 1.54) is 29.7 Å². The van der Waals surface area contributed by atoms with Crippen molar-refractivity contribution < 1.29 is 4.74 Å². The van der Waals surface area contributed by atoms with Gasteiger partial charge in [0, 0.05) is 37.5 Å². The number of hydrogen-bond acceptors (Lipinski definition) is 5. The lowest BCUT2D eigenvalue weighted by Gasteiger charge is -2.35. The molecule has 1 unspecified atom stereocenters. The number of aromatic nitrogens is 1. The van der Waals surface area contributed by atoms with Gasteiger partial charge >= 0.3 is 0 Å². The molecule has 2 fully saturated rings. The Labute approximate surface area is 150 Å². The Bertz CT molecular complexity index is 717. The van der Waals surface area contributed by atoms with E-state index in [9.17, 15) is 5.26 Å². The third kappa shape index (κ3) is 3.26. The fourth-order valence-corrected chi connectivity index (χ4v) is 4.11. The summed E-state index contributed by atoms with van der Waals surface area (Å²) in [6.07, 6.45) is 3.22. The van der Waals surface area contributed by atoms with Crippen LogP contribution in [0.15, 0.2) is 0 Å². The molecular formula is C20H28N4O. The van der Waals surface area contributed by atoms with E-state index in [2.05, 4.69) is 37.1 Å². The molecule has 25 heavy (non-hydrogen) atoms. The number of hydrogen-bond donors (Lipinski definition) is 1. The van der Waals surface area contributed by atoms with E-state index < -0.39 is 0 Å². The molecule has 1 saturated heterocycles. The molecule has 4 rings (SSSR count). The molecule has 0 radical (unpaired) electrons. The van der Waals surface area contributed by atoms with Gasteiger partial charge in [-0.3, -0.25) is 0 Å². The summed E-state index contributed by atoms with van der Waals surface area (Å²) in [6.45, 7) is 10.9. The first kappa shape index (κ1) is 16.8. The zero-order valence-electron chi connectivity index (χ0n) is 15.6. The molecule has 5 heteroatoms. The Morgan fingerprint density at radius 2 is 2.12 bits per heavy atom. The topological polar surface area (TPSA) is 61.2 Å². The highest BCUT2D eigenvalue weighted by molar-refractivity contribution is 5.62. The van der Waals surface area contributed by atoms with E-state index in [1.54, 1.807) is 0 Å². The Morgan fingerprint density at radius 1 is 1.32 bits per heavy atom. The molecule has 1 saturated carbocycles. The van der Waals surface area contributed by atoms with Gasteiger partial charge in [-0.05, 0) is 44.7 Å². The van der Waals surface area contributed by atoms with E-state index in [-0.39, 0.29) is 5.60 Å². The van der Waals surface area contributed by atoms with Crippen molar-refractivity contribution in [1.82, 2.24) is 10.3 Å². The van der Waals surface area contributed by atoms with Gasteiger partial charge in [-0.1, -0.05) is 6.92 Å². The van der Waals surface area contributed by atoms with Crippen molar-refractivity contribution >= 4 is 5.82 Å². The van der Waals surface area contributed by atoms with Gasteiger partial charge in [-0.25, -0.2) is 4.98 Å². The first-order chi connectivity index (χ1) is 12.0. The van der Waals surface area contributed by atoms with Crippen LogP contribution in [0.2, 0.25) is 0 Å². The third-order valence-corrected chi connectivity index (χ3v) is 5.59. The molecule has 5 nitrogen and oxygen atoms in total. The number of ether oxygens (including phenoxy) is 1. The number of anilines is 1. The molecule has 1 aliphatic carbocycles. The molecule has 0 amide bonds. The average Bonchev–Trinajstić information content (AvgIpc) is 3.40. The Morgan fingerprint density at radius 3 is 2.84 bits per heavy atom. The van der Waals surface area contributed by atoms with Gasteiger partial charge < -0.3 is 15.0 Å². The molecule has 0 spiro atoms. The van der Waals surface area contributed by atoms with Crippen LogP contribution in [-0.4, -0.2) is 36.8 Å². The second-order valence-electron chi connectivity index (χ2n) is 8.52. The van der Waals surface area contributed by atoms with Crippen LogP contribution in [0.25, 0.3) is 0 Å². The van der Waals surface area contributed by atoms with Crippen LogP contribution in [0.5, 0.6) is 0 Å². The van der Waals surface area contributed by atoms with Crippen LogP contribution < -0.4 is 10.2 Å². The molecule has 2 aliphatic heterocycles. The van der Waals surface area contributed by atoms with Crippen LogP contribution in [-0.2, 0) is 17.8 Å². The molecule has 1 N–H and O–H groups in total. The van der Waals surface area contributed by atoms with Gasteiger partial charge in [-0.15, -0.1) is 0 Å². The van der Waals surface area contributed by atoms with Crippen LogP contribution >= 0.6 is 0 Å². The maximum Gasteiger partial charge on any atom is 0.147 e. The number of fused-ring (bicyclic) bond motifs is 1. The van der Waals surface area contributed by atoms with E-state index >= 15 is 0 Å². The Hall–Kier alpha value is -1.64. The van der Waals surface area contributed by atoms with Crippen molar-refractivity contribution in [3.05, 3.63) is 22.4 Å². The highest BCUT2D eigenvalue weighted by Crippen LogP contribution is 2.45. The van der Waals surface area contributed by atoms with Crippen molar-refractivity contribution in [2.24, 2.45) is 5.92 Å². The molecular weight excluding hydrogens is 312 g/mol. The minimum atomic E-state index is -0.217. The fourth-order valence-electron chi connectivity index (χ4n) is 4.11. The van der Waals surface area contributed by atoms with Gasteiger partial charge in [0.05, 0.1) is 23.5 Å². The van der Waals surface area contributed by atoms with Crippen LogP contribution in [0.1, 0.15) is 61.9 Å². The van der Waals surface area contributed by atoms with Crippen molar-refractivity contribution in [3.8, 4) is 6.07 Å². The van der Waals surface area contributed by atoms with Gasteiger partial charge in [0.25, 0.3) is 0 Å². The quantitative estimate of drug-likeness (QED) is 0.897. The Kier molecular flexibility index (Phi) is 4.21. The lowest BCUT2D eigenvalue weighted by molar-refractivity contribution is -0.0407. The monoisotopic (exact) mass is 340 g/mol. The summed E-state index contributed by atoms with van der Waals surface area (Å²) >= 11 is 0. The second-order valence-corrected chi connectivity index (χ2v) is 8.52. The maximum atomic E-state index is 9.98. The van der Waals surface area contributed by atoms with Gasteiger partial charge in [-0.2, -0.15) is 5.26 Å². The highest BCUT2D eigenvalue weighted by atomic mass is 16.5. The summed E-state index contributed by atoms with van der Waals surface area (Å²) in [6, 6.07) is 2.50. The minimum Gasteiger partial charge on any atom is -0.370 e. The summed E-state index contributed by atoms with van der Waals surface area (Å²) in [5.41, 5.74) is 4.15. The van der Waals surface area contributed by atoms with E-state index in [4.69, 9.17) is 9.72 Å². The molecule has 3 aliphatic rings. The normalized spacial score (nSPS) is 25.8. The lowest BCUT2D eigenvalue weighted by atomic mass is 9.87. The molecule has 1 aromatic rings. The van der Waals surface area contributed by atoms with E-state index in [0.29, 0.717) is 18.4 Å². The SMILES string of the molecule is CC1CNCCN(c2nc(C3CC3)c3c(c2C#N)CC(C)(C)OC3)C1. The van der Waals surface area contributed by atoms with Gasteiger partial charge in [0.1, 0.15) is 11.9 Å². The summed E-state index contributed by atoms with van der Waals surface area (Å²) < 4.78 is 6.06. The summed E-state index contributed by atoms with van der Waals surface area (Å²) in [5.74, 6) is 2.03. The zero-order valence-corrected chi connectivity index (χ0v) is 15.6. The van der Waals surface area contributed by atoms with Gasteiger partial charge in [0.15, 0.2) is 0 Å². The fraction of sp³-hybridized carbons (Fsp3) is 0.700. The molecule has 1 aromatic heterocycles. The summed E-state index contributed by atoms with van der Waals surface area (Å²) in [4.78, 5) is 7.39. The number of nitrogens with zero attached hydrogens (tertiary/aromatic N) is 3. The first-order valence-corrected chi connectivity index (χ1v) is 9.54. The number of rotatable bonds is 2. The average molecular weight is 340 g/mol. The lowest BCUT2D eigenvalue weighted by Crippen LogP contribution is -2.36. The van der Waals surface area contributed by atoms with Crippen molar-refractivity contribution in [2.75, 3.05) is 31.1 Å². The Balaban J connectivity index is 1.83. The van der Waals surface area contributed by atoms with Crippen molar-refractivity contribution in [2.45, 2.75) is 58.2 Å². The minimum absolute atomic E-state index is 0.217. The van der Waals surface area contributed by atoms with Crippen molar-refractivity contribution in [3.63, 3.8) is 0 Å². The molecule has 0 bridgehead atoms. The predicted molar refractivity (Wildman–Crippen MR) is 97.7 cm³/mol. The van der Waals surface area contributed by atoms with E-state index in [1.807, 2.05) is 0 Å². The van der Waals surface area contributed by atoms with Crippen LogP contribution in [0.3, 0.4) is 0 Å². The highest BCUT2D eigenvalue weighted by Gasteiger charge is 2.37. The molecule has 134 valence electrons. The van der Waals surface area contributed by atoms with Crippen molar-refractivity contribution in [1.29, 1.82) is 5.26 Å². The number of nitrogens with one attached hydrogen (secondary N) is 1. The van der Waals surface area contributed by atoms with E-state index in [0.717, 1.165) is 44.0 Å². The standard InChI is InChI=1S/C20H28N4O/c1-13-10-22-6-7-24(11-13)19-16(9-21)15-8-20(2,3)25-12-17(15)18(23-19)14-4-5-14/h13-14,22H,4-8,10-12H2,1-3H3. The predicted octanol–water partition coefficient (Wildman–Crippen LogP) is 2.73. The smallest absolute Gasteiger partial charge is 0.147 e. The molecule has 1 atom stereocenters. The first-order valence-electron chi connectivity index (χ1n) is 9.54. The largest absolute Gasteiger partial charge is 0.370 e. The third-order valence-electron chi connectivity index (χ3n) is 5.59. The number of pyridine rings is 1. The van der Waals surface area contributed by atoms with Gasteiger partial charge in [0.2, 0.25) is 0 Å². The summed E-state index contributed by atoms with van der Waals surface area (Å²) in [5, 5.41) is 13.5.